The Bertz CT molecular complexity index is 1380. The van der Waals surface area contributed by atoms with Crippen LogP contribution in [0.5, 0.6) is 0 Å². The number of aryl methyl sites for hydroxylation is 6. The monoisotopic (exact) mass is 634 g/mol. The molecule has 0 radical (unpaired) electrons. The first-order valence-corrected chi connectivity index (χ1v) is 13.3. The minimum atomic E-state index is -0.417. The second-order valence-electron chi connectivity index (χ2n) is 11.0. The van der Waals surface area contributed by atoms with E-state index in [2.05, 4.69) is 145 Å². The van der Waals surface area contributed by atoms with Gasteiger partial charge < -0.3 is 37.2 Å². The average Bonchev–Trinajstić information content (AvgIpc) is 3.27. The average molecular weight is 636 g/mol. The molecule has 0 aliphatic heterocycles. The molecular weight excluding hydrogens is 599 g/mol. The van der Waals surface area contributed by atoms with Crippen LogP contribution in [0.3, 0.4) is 0 Å². The summed E-state index contributed by atoms with van der Waals surface area (Å²) in [5.74, 6) is 0. The van der Waals surface area contributed by atoms with Crippen molar-refractivity contribution in [1.82, 2.24) is 0 Å². The van der Waals surface area contributed by atoms with Crippen LogP contribution in [0, 0.1) is 41.5 Å². The fraction of sp³-hybridized carbons (Fsp3) is 0.216. The minimum absolute atomic E-state index is 0. The third-order valence-corrected chi connectivity index (χ3v) is 7.47. The molecule has 0 unspecified atom stereocenters. The van der Waals surface area contributed by atoms with Crippen molar-refractivity contribution in [1.29, 1.82) is 0 Å². The zero-order valence-corrected chi connectivity index (χ0v) is 28.5. The third-order valence-electron chi connectivity index (χ3n) is 7.47. The van der Waals surface area contributed by atoms with Crippen LogP contribution in [-0.2, 0) is 33.6 Å². The van der Waals surface area contributed by atoms with Crippen LogP contribution >= 0.6 is 0 Å². The van der Waals surface area contributed by atoms with E-state index in [-0.39, 0.29) is 58.9 Å². The van der Waals surface area contributed by atoms with Gasteiger partial charge in [-0.25, -0.2) is 6.07 Å². The van der Waals surface area contributed by atoms with Crippen LogP contribution in [0.2, 0.25) is 0 Å². The van der Waals surface area contributed by atoms with Crippen molar-refractivity contribution in [2.75, 3.05) is 0 Å². The van der Waals surface area contributed by atoms with E-state index in [4.69, 9.17) is 0 Å². The fourth-order valence-electron chi connectivity index (χ4n) is 6.24. The molecule has 0 fully saturated rings. The van der Waals surface area contributed by atoms with Gasteiger partial charge in [-0.1, -0.05) is 130 Å². The quantitative estimate of drug-likeness (QED) is 0.143. The largest absolute Gasteiger partial charge is 4.00 e. The molecule has 41 heavy (non-hydrogen) atoms. The number of halogens is 3. The van der Waals surface area contributed by atoms with Gasteiger partial charge in [0.1, 0.15) is 0 Å². The van der Waals surface area contributed by atoms with E-state index in [1.54, 1.807) is 0 Å². The maximum Gasteiger partial charge on any atom is 4.00 e. The van der Waals surface area contributed by atoms with Crippen LogP contribution in [0.25, 0.3) is 0 Å². The number of hydrogen-bond acceptors (Lipinski definition) is 0. The van der Waals surface area contributed by atoms with Gasteiger partial charge in [0.25, 0.3) is 0 Å². The molecule has 0 aromatic heterocycles. The Labute approximate surface area is 280 Å². The molecule has 0 nitrogen and oxygen atoms in total. The zero-order valence-electron chi connectivity index (χ0n) is 24.7. The van der Waals surface area contributed by atoms with E-state index in [1.165, 1.54) is 66.8 Å². The van der Waals surface area contributed by atoms with E-state index in [0.29, 0.717) is 0 Å². The molecule has 0 aliphatic carbocycles. The van der Waals surface area contributed by atoms with Gasteiger partial charge in [-0.15, -0.1) is 5.56 Å². The predicted molar refractivity (Wildman–Crippen MR) is 158 cm³/mol. The Morgan fingerprint density at radius 3 is 1.22 bits per heavy atom. The molecule has 0 spiro atoms. The van der Waals surface area contributed by atoms with Gasteiger partial charge in [0, 0.05) is 5.41 Å². The van der Waals surface area contributed by atoms with Crippen molar-refractivity contribution in [2.24, 2.45) is 0 Å². The summed E-state index contributed by atoms with van der Waals surface area (Å²) >= 11 is 0. The first kappa shape index (κ1) is 36.8. The molecule has 210 valence electrons. The van der Waals surface area contributed by atoms with Crippen molar-refractivity contribution in [3.05, 3.63) is 170 Å². The zero-order chi connectivity index (χ0) is 26.2. The van der Waals surface area contributed by atoms with Crippen molar-refractivity contribution >= 4 is 0 Å². The van der Waals surface area contributed by atoms with Crippen molar-refractivity contribution in [3.63, 3.8) is 0 Å². The molecule has 0 amide bonds. The molecule has 0 saturated heterocycles. The van der Waals surface area contributed by atoms with E-state index < -0.39 is 5.41 Å². The molecule has 0 heterocycles. The van der Waals surface area contributed by atoms with Gasteiger partial charge in [-0.05, 0) is 58.2 Å². The van der Waals surface area contributed by atoms with Gasteiger partial charge in [-0.2, -0.15) is 17.7 Å². The molecule has 5 aromatic rings. The molecule has 0 saturated carbocycles. The summed E-state index contributed by atoms with van der Waals surface area (Å²) in [6.45, 7) is 13.3. The van der Waals surface area contributed by atoms with Gasteiger partial charge in [0.15, 0.2) is 0 Å². The summed E-state index contributed by atoms with van der Waals surface area (Å²) < 4.78 is 0. The predicted octanol–water partition coefficient (Wildman–Crippen LogP) is 0.239. The summed E-state index contributed by atoms with van der Waals surface area (Å²) in [5, 5.41) is 0. The summed E-state index contributed by atoms with van der Waals surface area (Å²) in [6.07, 6.45) is 0.934. The molecular formula is C37H37Cl3Ti. The Balaban J connectivity index is 0.00000210. The molecule has 0 aliphatic rings. The topological polar surface area (TPSA) is 0 Å². The number of benzene rings is 4. The Hall–Kier alpha value is -2.19. The smallest absolute Gasteiger partial charge is 1.00 e. The third kappa shape index (κ3) is 7.81. The van der Waals surface area contributed by atoms with E-state index in [1.807, 2.05) is 0 Å². The van der Waals surface area contributed by atoms with E-state index >= 15 is 0 Å². The van der Waals surface area contributed by atoms with Crippen LogP contribution < -0.4 is 37.2 Å². The van der Waals surface area contributed by atoms with Gasteiger partial charge in [0.2, 0.25) is 0 Å². The molecule has 0 atom stereocenters. The maximum absolute atomic E-state index is 2.44. The Kier molecular flexibility index (Phi) is 13.8. The first-order valence-electron chi connectivity index (χ1n) is 13.3. The Morgan fingerprint density at radius 1 is 0.488 bits per heavy atom. The van der Waals surface area contributed by atoms with Crippen LogP contribution in [0.1, 0.15) is 66.8 Å². The second kappa shape index (κ2) is 15.3. The second-order valence-corrected chi connectivity index (χ2v) is 11.0. The van der Waals surface area contributed by atoms with Crippen LogP contribution in [0.4, 0.5) is 0 Å². The summed E-state index contributed by atoms with van der Waals surface area (Å²) in [7, 11) is 0. The van der Waals surface area contributed by atoms with Gasteiger partial charge in [-0.3, -0.25) is 0 Å². The molecule has 5 aromatic carbocycles. The number of hydrogen-bond donors (Lipinski definition) is 0. The standard InChI is InChI=1S/C37H37.3ClH.Ti/c1-25-14-26(2)18-34(17-25)37(35-19-27(3)15-28(4)20-35,36-21-29(5)16-30(6)22-36)33-13-12-32(24-33)23-31-10-8-7-9-11-31;;;;/h7-22,24H,23H2,1-6H3;3*1H;/q-1;;;;+4/p-3. The Morgan fingerprint density at radius 2 is 0.854 bits per heavy atom. The van der Waals surface area contributed by atoms with Crippen molar-refractivity contribution < 1.29 is 58.9 Å². The van der Waals surface area contributed by atoms with Crippen LogP contribution in [0.15, 0.2) is 103 Å². The molecule has 0 N–H and O–H groups in total. The molecule has 4 heteroatoms. The molecule has 0 bridgehead atoms. The van der Waals surface area contributed by atoms with Gasteiger partial charge in [0.05, 0.1) is 0 Å². The van der Waals surface area contributed by atoms with E-state index in [0.717, 1.165) is 6.42 Å². The summed E-state index contributed by atoms with van der Waals surface area (Å²) in [6, 6.07) is 39.1. The van der Waals surface area contributed by atoms with Crippen LogP contribution in [-0.4, -0.2) is 0 Å². The SMILES string of the molecule is Cc1cc(C)cc(C(c2cc(C)cc(C)c2)(c2cc(C)cc(C)c2)[c-]2ccc(Cc3ccccc3)c2)c1.[Cl-].[Cl-].[Cl-].[Ti+4]. The normalized spacial score (nSPS) is 10.5. The fourth-order valence-corrected chi connectivity index (χ4v) is 6.24. The van der Waals surface area contributed by atoms with E-state index in [9.17, 15) is 0 Å². The first-order chi connectivity index (χ1) is 17.7. The maximum atomic E-state index is 2.44. The van der Waals surface area contributed by atoms with Gasteiger partial charge >= 0.3 is 21.7 Å². The summed E-state index contributed by atoms with van der Waals surface area (Å²) in [4.78, 5) is 0. The summed E-state index contributed by atoms with van der Waals surface area (Å²) in [5.41, 5.74) is 15.4. The van der Waals surface area contributed by atoms with Crippen molar-refractivity contribution in [3.8, 4) is 0 Å². The van der Waals surface area contributed by atoms with Crippen molar-refractivity contribution in [2.45, 2.75) is 53.4 Å². The number of rotatable bonds is 6. The molecule has 5 rings (SSSR count). The minimum Gasteiger partial charge on any atom is -1.00 e.